The lowest BCUT2D eigenvalue weighted by molar-refractivity contribution is -0.156. The molecule has 3 N–H and O–H groups in total. The summed E-state index contributed by atoms with van der Waals surface area (Å²) in [5, 5.41) is 0. The fourth-order valence-corrected chi connectivity index (χ4v) is 1.46. The van der Waals surface area contributed by atoms with Gasteiger partial charge in [0.15, 0.2) is 0 Å². The molecule has 0 aliphatic carbocycles. The Kier molecular flexibility index (Phi) is 6.06. The highest BCUT2D eigenvalue weighted by Gasteiger charge is 2.23. The summed E-state index contributed by atoms with van der Waals surface area (Å²) in [6.45, 7) is 5.12. The Morgan fingerprint density at radius 3 is 2.32 bits per heavy atom. The zero-order chi connectivity index (χ0) is 16.8. The van der Waals surface area contributed by atoms with Crippen molar-refractivity contribution in [3.8, 4) is 0 Å². The third-order valence-electron chi connectivity index (χ3n) is 2.40. The van der Waals surface area contributed by atoms with Crippen LogP contribution in [0.3, 0.4) is 0 Å². The second kappa shape index (κ2) is 7.56. The Hall–Kier alpha value is -2.41. The molecule has 1 aromatic carbocycles. The lowest BCUT2D eigenvalue weighted by atomic mass is 10.1. The molecule has 0 saturated heterocycles. The van der Waals surface area contributed by atoms with Gasteiger partial charge >= 0.3 is 11.9 Å². The average molecular weight is 308 g/mol. The van der Waals surface area contributed by atoms with Crippen LogP contribution in [0, 0.1) is 0 Å². The van der Waals surface area contributed by atoms with Crippen LogP contribution in [-0.2, 0) is 19.2 Å². The average Bonchev–Trinajstić information content (AvgIpc) is 2.43. The van der Waals surface area contributed by atoms with Crippen LogP contribution in [0.15, 0.2) is 30.3 Å². The SMILES string of the molecule is CC(C)(C)OC(=O)C[C@H](N)C(=O)NOC(=O)c1ccccc1. The van der Waals surface area contributed by atoms with Gasteiger partial charge in [0.2, 0.25) is 0 Å². The largest absolute Gasteiger partial charge is 0.460 e. The summed E-state index contributed by atoms with van der Waals surface area (Å²) in [5.74, 6) is -2.11. The second-order valence-electron chi connectivity index (χ2n) is 5.62. The maximum atomic E-state index is 11.7. The Bertz CT molecular complexity index is 537. The standard InChI is InChI=1S/C15H20N2O5/c1-15(2,3)21-12(18)9-11(16)13(19)17-22-14(20)10-7-5-4-6-8-10/h4-8,11H,9,16H2,1-3H3,(H,17,19)/t11-/m0/s1. The summed E-state index contributed by atoms with van der Waals surface area (Å²) >= 11 is 0. The molecule has 1 amide bonds. The number of nitrogens with two attached hydrogens (primary N) is 1. The van der Waals surface area contributed by atoms with Gasteiger partial charge in [-0.1, -0.05) is 18.2 Å². The van der Waals surface area contributed by atoms with Crippen molar-refractivity contribution >= 4 is 17.8 Å². The van der Waals surface area contributed by atoms with Crippen LogP contribution >= 0.6 is 0 Å². The zero-order valence-electron chi connectivity index (χ0n) is 12.8. The predicted molar refractivity (Wildman–Crippen MR) is 78.4 cm³/mol. The number of nitrogens with one attached hydrogen (secondary N) is 1. The van der Waals surface area contributed by atoms with E-state index < -0.39 is 29.5 Å². The Morgan fingerprint density at radius 2 is 1.77 bits per heavy atom. The molecule has 0 radical (unpaired) electrons. The third-order valence-corrected chi connectivity index (χ3v) is 2.40. The summed E-state index contributed by atoms with van der Waals surface area (Å²) in [7, 11) is 0. The summed E-state index contributed by atoms with van der Waals surface area (Å²) < 4.78 is 5.05. The van der Waals surface area contributed by atoms with Crippen LogP contribution in [0.25, 0.3) is 0 Å². The molecule has 22 heavy (non-hydrogen) atoms. The van der Waals surface area contributed by atoms with E-state index in [1.54, 1.807) is 39.0 Å². The van der Waals surface area contributed by atoms with Crippen LogP contribution in [0.2, 0.25) is 0 Å². The van der Waals surface area contributed by atoms with Gasteiger partial charge in [-0.05, 0) is 32.9 Å². The molecule has 1 aromatic rings. The second-order valence-corrected chi connectivity index (χ2v) is 5.62. The van der Waals surface area contributed by atoms with Crippen molar-refractivity contribution in [1.82, 2.24) is 5.48 Å². The molecule has 0 fully saturated rings. The van der Waals surface area contributed by atoms with E-state index in [0.717, 1.165) is 0 Å². The molecule has 7 nitrogen and oxygen atoms in total. The van der Waals surface area contributed by atoms with Gasteiger partial charge in [-0.2, -0.15) is 5.48 Å². The number of carbonyl (C=O) groups is 3. The normalized spacial score (nSPS) is 12.2. The van der Waals surface area contributed by atoms with Crippen molar-refractivity contribution in [2.75, 3.05) is 0 Å². The first-order valence-corrected chi connectivity index (χ1v) is 6.72. The van der Waals surface area contributed by atoms with Gasteiger partial charge in [-0.25, -0.2) is 4.79 Å². The summed E-state index contributed by atoms with van der Waals surface area (Å²) in [5.41, 5.74) is 7.11. The minimum absolute atomic E-state index is 0.281. The van der Waals surface area contributed by atoms with Gasteiger partial charge in [0, 0.05) is 0 Å². The lowest BCUT2D eigenvalue weighted by Gasteiger charge is -2.20. The number of hydrogen-bond donors (Lipinski definition) is 2. The molecule has 0 heterocycles. The quantitative estimate of drug-likeness (QED) is 0.633. The van der Waals surface area contributed by atoms with Crippen LogP contribution in [0.5, 0.6) is 0 Å². The number of hydrogen-bond acceptors (Lipinski definition) is 6. The summed E-state index contributed by atoms with van der Waals surface area (Å²) in [6, 6.07) is 6.97. The lowest BCUT2D eigenvalue weighted by Crippen LogP contribution is -2.43. The summed E-state index contributed by atoms with van der Waals surface area (Å²) in [4.78, 5) is 39.4. The van der Waals surface area contributed by atoms with E-state index in [1.165, 1.54) is 12.1 Å². The molecule has 0 spiro atoms. The van der Waals surface area contributed by atoms with E-state index in [0.29, 0.717) is 0 Å². The topological polar surface area (TPSA) is 108 Å². The van der Waals surface area contributed by atoms with E-state index in [9.17, 15) is 14.4 Å². The predicted octanol–water partition coefficient (Wildman–Crippen LogP) is 0.934. The van der Waals surface area contributed by atoms with Crippen molar-refractivity contribution in [1.29, 1.82) is 0 Å². The van der Waals surface area contributed by atoms with Crippen LogP contribution < -0.4 is 11.2 Å². The van der Waals surface area contributed by atoms with Gasteiger partial charge in [0.25, 0.3) is 5.91 Å². The highest BCUT2D eigenvalue weighted by molar-refractivity contribution is 5.91. The molecular formula is C15H20N2O5. The maximum absolute atomic E-state index is 11.7. The Morgan fingerprint density at radius 1 is 1.18 bits per heavy atom. The first-order chi connectivity index (χ1) is 10.2. The molecule has 0 saturated carbocycles. The van der Waals surface area contributed by atoms with Crippen molar-refractivity contribution in [3.63, 3.8) is 0 Å². The van der Waals surface area contributed by atoms with Crippen molar-refractivity contribution < 1.29 is 24.0 Å². The fourth-order valence-electron chi connectivity index (χ4n) is 1.46. The van der Waals surface area contributed by atoms with E-state index in [4.69, 9.17) is 10.5 Å². The minimum atomic E-state index is -1.17. The first-order valence-electron chi connectivity index (χ1n) is 6.72. The van der Waals surface area contributed by atoms with Gasteiger partial charge < -0.3 is 15.3 Å². The number of carbonyl (C=O) groups excluding carboxylic acids is 3. The van der Waals surface area contributed by atoms with Crippen LogP contribution in [0.4, 0.5) is 0 Å². The van der Waals surface area contributed by atoms with Crippen LogP contribution in [-0.4, -0.2) is 29.5 Å². The molecule has 7 heteroatoms. The Labute approximate surface area is 128 Å². The van der Waals surface area contributed by atoms with Gasteiger partial charge in [-0.3, -0.25) is 9.59 Å². The number of amides is 1. The van der Waals surface area contributed by atoms with Crippen molar-refractivity contribution in [2.45, 2.75) is 38.8 Å². The number of hydroxylamine groups is 1. The van der Waals surface area contributed by atoms with Gasteiger partial charge in [0.05, 0.1) is 18.0 Å². The molecule has 1 atom stereocenters. The zero-order valence-corrected chi connectivity index (χ0v) is 12.8. The smallest absolute Gasteiger partial charge is 0.362 e. The van der Waals surface area contributed by atoms with Gasteiger partial charge in [-0.15, -0.1) is 0 Å². The van der Waals surface area contributed by atoms with E-state index >= 15 is 0 Å². The highest BCUT2D eigenvalue weighted by atomic mass is 16.7. The number of rotatable bonds is 4. The molecule has 0 aliphatic heterocycles. The van der Waals surface area contributed by atoms with Gasteiger partial charge in [0.1, 0.15) is 5.60 Å². The molecule has 1 rings (SSSR count). The monoisotopic (exact) mass is 308 g/mol. The maximum Gasteiger partial charge on any atom is 0.362 e. The number of esters is 1. The van der Waals surface area contributed by atoms with E-state index in [2.05, 4.69) is 4.84 Å². The van der Waals surface area contributed by atoms with Crippen molar-refractivity contribution in [2.24, 2.45) is 5.73 Å². The van der Waals surface area contributed by atoms with Crippen LogP contribution in [0.1, 0.15) is 37.6 Å². The molecule has 120 valence electrons. The van der Waals surface area contributed by atoms with E-state index in [1.807, 2.05) is 5.48 Å². The molecular weight excluding hydrogens is 288 g/mol. The Balaban J connectivity index is 2.42. The minimum Gasteiger partial charge on any atom is -0.460 e. The fraction of sp³-hybridized carbons (Fsp3) is 0.400. The molecule has 0 aromatic heterocycles. The molecule has 0 aliphatic rings. The van der Waals surface area contributed by atoms with E-state index in [-0.39, 0.29) is 12.0 Å². The highest BCUT2D eigenvalue weighted by Crippen LogP contribution is 2.09. The third kappa shape index (κ3) is 6.36. The number of ether oxygens (including phenoxy) is 1. The van der Waals surface area contributed by atoms with Crippen molar-refractivity contribution in [3.05, 3.63) is 35.9 Å². The molecule has 0 unspecified atom stereocenters. The molecule has 0 bridgehead atoms. The number of benzene rings is 1. The first kappa shape index (κ1) is 17.6. The summed E-state index contributed by atoms with van der Waals surface area (Å²) in [6.07, 6.45) is -0.314.